The van der Waals surface area contributed by atoms with Gasteiger partial charge in [-0.15, -0.1) is 0 Å². The lowest BCUT2D eigenvalue weighted by molar-refractivity contribution is -0.384. The Morgan fingerprint density at radius 2 is 1.52 bits per heavy atom. The molecule has 0 unspecified atom stereocenters. The number of nitro groups is 1. The van der Waals surface area contributed by atoms with Crippen LogP contribution in [0.1, 0.15) is 11.1 Å². The molecule has 0 radical (unpaired) electrons. The molecule has 3 aromatic rings. The maximum atomic E-state index is 12.2. The van der Waals surface area contributed by atoms with Gasteiger partial charge in [0.2, 0.25) is 0 Å². The second-order valence-corrected chi connectivity index (χ2v) is 6.40. The highest BCUT2D eigenvalue weighted by Gasteiger charge is 2.17. The highest BCUT2D eigenvalue weighted by molar-refractivity contribution is 5.78. The molecule has 0 aliphatic carbocycles. The number of hydrogen-bond acceptors (Lipinski definition) is 6. The third kappa shape index (κ3) is 5.88. The predicted molar refractivity (Wildman–Crippen MR) is 108 cm³/mol. The van der Waals surface area contributed by atoms with Gasteiger partial charge in [0.1, 0.15) is 24.1 Å². The van der Waals surface area contributed by atoms with Crippen LogP contribution in [0.5, 0.6) is 11.5 Å². The van der Waals surface area contributed by atoms with E-state index in [1.807, 2.05) is 54.6 Å². The van der Waals surface area contributed by atoms with E-state index >= 15 is 0 Å². The average Bonchev–Trinajstić information content (AvgIpc) is 2.74. The standard InChI is InChI=1S/C22H20N2O5/c23-21(22(25)29-20-12-8-18(9-13-20)24(26)27)14-16-6-10-19(11-7-16)28-15-17-4-2-1-3-5-17/h1-13,21H,14-15,23H2/t21-/m0/s1. The van der Waals surface area contributed by atoms with Crippen LogP contribution in [-0.4, -0.2) is 16.9 Å². The molecule has 0 spiro atoms. The third-order valence-corrected chi connectivity index (χ3v) is 4.20. The molecule has 0 amide bonds. The number of nitrogens with zero attached hydrogens (tertiary/aromatic N) is 1. The lowest BCUT2D eigenvalue weighted by Crippen LogP contribution is -2.36. The van der Waals surface area contributed by atoms with Crippen molar-refractivity contribution >= 4 is 11.7 Å². The third-order valence-electron chi connectivity index (χ3n) is 4.20. The van der Waals surface area contributed by atoms with Gasteiger partial charge in [0.05, 0.1) is 4.92 Å². The van der Waals surface area contributed by atoms with Crippen molar-refractivity contribution in [2.75, 3.05) is 0 Å². The zero-order valence-corrected chi connectivity index (χ0v) is 15.6. The first-order valence-electron chi connectivity index (χ1n) is 8.98. The number of rotatable bonds is 8. The monoisotopic (exact) mass is 392 g/mol. The van der Waals surface area contributed by atoms with Crippen LogP contribution in [0.3, 0.4) is 0 Å². The first-order valence-corrected chi connectivity index (χ1v) is 8.98. The summed E-state index contributed by atoms with van der Waals surface area (Å²) < 4.78 is 10.9. The minimum atomic E-state index is -0.860. The molecule has 1 atom stereocenters. The quantitative estimate of drug-likeness (QED) is 0.272. The summed E-state index contributed by atoms with van der Waals surface area (Å²) in [7, 11) is 0. The van der Waals surface area contributed by atoms with Gasteiger partial charge in [-0.25, -0.2) is 4.79 Å². The van der Waals surface area contributed by atoms with E-state index in [-0.39, 0.29) is 11.4 Å². The smallest absolute Gasteiger partial charge is 0.328 e. The minimum Gasteiger partial charge on any atom is -0.489 e. The van der Waals surface area contributed by atoms with Crippen molar-refractivity contribution < 1.29 is 19.2 Å². The number of nitro benzene ring substituents is 1. The topological polar surface area (TPSA) is 105 Å². The van der Waals surface area contributed by atoms with E-state index in [1.165, 1.54) is 24.3 Å². The maximum absolute atomic E-state index is 12.2. The molecule has 0 aromatic heterocycles. The number of carbonyl (C=O) groups excluding carboxylic acids is 1. The van der Waals surface area contributed by atoms with Gasteiger partial charge in [0.15, 0.2) is 0 Å². The van der Waals surface area contributed by atoms with Gasteiger partial charge in [-0.3, -0.25) is 10.1 Å². The molecule has 3 rings (SSSR count). The Bertz CT molecular complexity index is 957. The van der Waals surface area contributed by atoms with Crippen molar-refractivity contribution in [2.45, 2.75) is 19.1 Å². The van der Waals surface area contributed by atoms with Crippen LogP contribution in [0.25, 0.3) is 0 Å². The van der Waals surface area contributed by atoms with E-state index in [4.69, 9.17) is 15.2 Å². The van der Waals surface area contributed by atoms with Gasteiger partial charge < -0.3 is 15.2 Å². The largest absolute Gasteiger partial charge is 0.489 e. The van der Waals surface area contributed by atoms with E-state index in [9.17, 15) is 14.9 Å². The Morgan fingerprint density at radius 3 is 2.14 bits per heavy atom. The molecular weight excluding hydrogens is 372 g/mol. The van der Waals surface area contributed by atoms with Crippen molar-refractivity contribution in [3.8, 4) is 11.5 Å². The molecular formula is C22H20N2O5. The summed E-state index contributed by atoms with van der Waals surface area (Å²) in [4.78, 5) is 22.3. The van der Waals surface area contributed by atoms with Gasteiger partial charge in [-0.05, 0) is 41.8 Å². The van der Waals surface area contributed by atoms with Crippen LogP contribution in [0, 0.1) is 10.1 Å². The molecule has 0 heterocycles. The first-order chi connectivity index (χ1) is 14.0. The second-order valence-electron chi connectivity index (χ2n) is 6.40. The molecule has 0 saturated heterocycles. The molecule has 148 valence electrons. The number of non-ortho nitro benzene ring substituents is 1. The molecule has 0 aliphatic rings. The molecule has 29 heavy (non-hydrogen) atoms. The number of esters is 1. The fourth-order valence-corrected chi connectivity index (χ4v) is 2.63. The van der Waals surface area contributed by atoms with Crippen LogP contribution in [0.4, 0.5) is 5.69 Å². The summed E-state index contributed by atoms with van der Waals surface area (Å²) in [5.74, 6) is 0.323. The fraction of sp³-hybridized carbons (Fsp3) is 0.136. The SMILES string of the molecule is N[C@@H](Cc1ccc(OCc2ccccc2)cc1)C(=O)Oc1ccc([N+](=O)[O-])cc1. The predicted octanol–water partition coefficient (Wildman–Crippen LogP) is 3.65. The van der Waals surface area contributed by atoms with Crippen molar-refractivity contribution in [3.05, 3.63) is 100 Å². The van der Waals surface area contributed by atoms with E-state index in [0.717, 1.165) is 16.9 Å². The summed E-state index contributed by atoms with van der Waals surface area (Å²) in [5.41, 5.74) is 7.80. The van der Waals surface area contributed by atoms with Gasteiger partial charge in [0.25, 0.3) is 5.69 Å². The number of benzene rings is 3. The summed E-state index contributed by atoms with van der Waals surface area (Å²) in [5, 5.41) is 10.7. The Hall–Kier alpha value is -3.71. The zero-order valence-electron chi connectivity index (χ0n) is 15.6. The fourth-order valence-electron chi connectivity index (χ4n) is 2.63. The van der Waals surface area contributed by atoms with Gasteiger partial charge in [0, 0.05) is 12.1 Å². The van der Waals surface area contributed by atoms with E-state index in [2.05, 4.69) is 0 Å². The average molecular weight is 392 g/mol. The highest BCUT2D eigenvalue weighted by Crippen LogP contribution is 2.19. The van der Waals surface area contributed by atoms with Crippen LogP contribution in [-0.2, 0) is 17.8 Å². The summed E-state index contributed by atoms with van der Waals surface area (Å²) in [6.07, 6.45) is 0.296. The van der Waals surface area contributed by atoms with E-state index in [1.54, 1.807) is 0 Å². The number of hydrogen-bond donors (Lipinski definition) is 1. The zero-order chi connectivity index (χ0) is 20.6. The molecule has 0 fully saturated rings. The number of ether oxygens (including phenoxy) is 2. The van der Waals surface area contributed by atoms with Crippen LogP contribution >= 0.6 is 0 Å². The maximum Gasteiger partial charge on any atom is 0.328 e. The van der Waals surface area contributed by atoms with Crippen LogP contribution in [0.2, 0.25) is 0 Å². The Kier molecular flexibility index (Phi) is 6.55. The molecule has 2 N–H and O–H groups in total. The van der Waals surface area contributed by atoms with E-state index in [0.29, 0.717) is 13.0 Å². The lowest BCUT2D eigenvalue weighted by atomic mass is 10.1. The Balaban J connectivity index is 1.50. The van der Waals surface area contributed by atoms with Crippen LogP contribution < -0.4 is 15.2 Å². The molecule has 0 aliphatic heterocycles. The second kappa shape index (κ2) is 9.48. The van der Waals surface area contributed by atoms with Gasteiger partial charge >= 0.3 is 5.97 Å². The Labute approximate surface area is 167 Å². The molecule has 7 nitrogen and oxygen atoms in total. The van der Waals surface area contributed by atoms with Gasteiger partial charge in [-0.1, -0.05) is 42.5 Å². The lowest BCUT2D eigenvalue weighted by Gasteiger charge is -2.12. The molecule has 0 saturated carbocycles. The highest BCUT2D eigenvalue weighted by atomic mass is 16.6. The van der Waals surface area contributed by atoms with Crippen LogP contribution in [0.15, 0.2) is 78.9 Å². The van der Waals surface area contributed by atoms with Crippen molar-refractivity contribution in [3.63, 3.8) is 0 Å². The summed E-state index contributed by atoms with van der Waals surface area (Å²) >= 11 is 0. The first kappa shape index (κ1) is 20.0. The molecule has 0 bridgehead atoms. The van der Waals surface area contributed by atoms with Crippen molar-refractivity contribution in [1.82, 2.24) is 0 Å². The number of carbonyl (C=O) groups is 1. The van der Waals surface area contributed by atoms with Crippen molar-refractivity contribution in [2.24, 2.45) is 5.73 Å². The van der Waals surface area contributed by atoms with E-state index < -0.39 is 16.9 Å². The Morgan fingerprint density at radius 1 is 0.897 bits per heavy atom. The normalized spacial score (nSPS) is 11.5. The summed E-state index contributed by atoms with van der Waals surface area (Å²) in [6.45, 7) is 0.473. The molecule has 7 heteroatoms. The number of nitrogens with two attached hydrogens (primary N) is 1. The minimum absolute atomic E-state index is 0.0799. The van der Waals surface area contributed by atoms with Crippen molar-refractivity contribution in [1.29, 1.82) is 0 Å². The van der Waals surface area contributed by atoms with Gasteiger partial charge in [-0.2, -0.15) is 0 Å². The molecule has 3 aromatic carbocycles. The summed E-state index contributed by atoms with van der Waals surface area (Å²) in [6, 6.07) is 21.6.